The molecule has 2 N–H and O–H groups in total. The maximum absolute atomic E-state index is 12.0. The van der Waals surface area contributed by atoms with Crippen molar-refractivity contribution in [2.24, 2.45) is 0 Å². The van der Waals surface area contributed by atoms with Gasteiger partial charge in [0.1, 0.15) is 22.9 Å². The van der Waals surface area contributed by atoms with Crippen LogP contribution in [0.1, 0.15) is 45.5 Å². The second-order valence-corrected chi connectivity index (χ2v) is 4.36. The summed E-state index contributed by atoms with van der Waals surface area (Å²) >= 11 is 0. The lowest BCUT2D eigenvalue weighted by atomic mass is 10.2. The molecule has 0 saturated heterocycles. The van der Waals surface area contributed by atoms with Crippen molar-refractivity contribution >= 4 is 11.9 Å². The van der Waals surface area contributed by atoms with Crippen LogP contribution in [-0.2, 0) is 0 Å². The van der Waals surface area contributed by atoms with Crippen LogP contribution in [0.25, 0.3) is 0 Å². The molecule has 0 aromatic carbocycles. The predicted octanol–water partition coefficient (Wildman–Crippen LogP) is 2.17. The summed E-state index contributed by atoms with van der Waals surface area (Å²) in [6, 6.07) is 7.53. The van der Waals surface area contributed by atoms with Crippen molar-refractivity contribution < 1.29 is 19.1 Å². The van der Waals surface area contributed by atoms with Crippen LogP contribution in [0.4, 0.5) is 0 Å². The molecule has 6 nitrogen and oxygen atoms in total. The largest absolute Gasteiger partial charge is 0.477 e. The van der Waals surface area contributed by atoms with Gasteiger partial charge in [0.05, 0.1) is 6.04 Å². The van der Waals surface area contributed by atoms with Gasteiger partial charge < -0.3 is 14.8 Å². The van der Waals surface area contributed by atoms with Gasteiger partial charge >= 0.3 is 5.97 Å². The number of carbonyl (C=O) groups is 2. The Morgan fingerprint density at radius 1 is 1.25 bits per heavy atom. The van der Waals surface area contributed by atoms with Crippen LogP contribution in [0.2, 0.25) is 0 Å². The smallest absolute Gasteiger partial charge is 0.354 e. The van der Waals surface area contributed by atoms with Crippen LogP contribution < -0.4 is 5.32 Å². The van der Waals surface area contributed by atoms with Crippen molar-refractivity contribution in [3.05, 3.63) is 53.2 Å². The Morgan fingerprint density at radius 3 is 2.55 bits per heavy atom. The minimum Gasteiger partial charge on any atom is -0.477 e. The highest BCUT2D eigenvalue weighted by Crippen LogP contribution is 2.16. The standard InChI is InChI=1S/C14H14N2O4/c1-8-6-7-12(20-8)9(2)15-13(17)10-4-3-5-11(16-10)14(18)19/h3-7,9H,1-2H3,(H,15,17)(H,18,19). The fourth-order valence-corrected chi connectivity index (χ4v) is 1.71. The van der Waals surface area contributed by atoms with Crippen LogP contribution in [0.5, 0.6) is 0 Å². The molecule has 0 fully saturated rings. The number of nitrogens with zero attached hydrogens (tertiary/aromatic N) is 1. The lowest BCUT2D eigenvalue weighted by Crippen LogP contribution is -2.27. The number of hydrogen-bond donors (Lipinski definition) is 2. The molecule has 0 aliphatic carbocycles. The number of aryl methyl sites for hydroxylation is 1. The van der Waals surface area contributed by atoms with Crippen LogP contribution in [0, 0.1) is 6.92 Å². The Bertz CT molecular complexity index is 648. The van der Waals surface area contributed by atoms with Gasteiger partial charge in [0, 0.05) is 0 Å². The number of carboxylic acid groups (broad SMARTS) is 1. The molecule has 2 aromatic heterocycles. The fraction of sp³-hybridized carbons (Fsp3) is 0.214. The minimum atomic E-state index is -1.17. The number of pyridine rings is 1. The number of aromatic nitrogens is 1. The predicted molar refractivity (Wildman–Crippen MR) is 70.5 cm³/mol. The van der Waals surface area contributed by atoms with E-state index in [1.54, 1.807) is 19.1 Å². The first kappa shape index (κ1) is 13.8. The Kier molecular flexibility index (Phi) is 3.84. The first-order chi connectivity index (χ1) is 9.47. The molecule has 0 radical (unpaired) electrons. The first-order valence-corrected chi connectivity index (χ1v) is 6.05. The maximum Gasteiger partial charge on any atom is 0.354 e. The zero-order valence-electron chi connectivity index (χ0n) is 11.1. The van der Waals surface area contributed by atoms with E-state index in [4.69, 9.17) is 9.52 Å². The van der Waals surface area contributed by atoms with Gasteiger partial charge in [-0.05, 0) is 38.1 Å². The van der Waals surface area contributed by atoms with Gasteiger partial charge in [-0.25, -0.2) is 9.78 Å². The van der Waals surface area contributed by atoms with E-state index in [2.05, 4.69) is 10.3 Å². The highest BCUT2D eigenvalue weighted by Gasteiger charge is 2.16. The second-order valence-electron chi connectivity index (χ2n) is 4.36. The van der Waals surface area contributed by atoms with Crippen molar-refractivity contribution in [2.75, 3.05) is 0 Å². The highest BCUT2D eigenvalue weighted by molar-refractivity contribution is 5.94. The third-order valence-electron chi connectivity index (χ3n) is 2.74. The van der Waals surface area contributed by atoms with Gasteiger partial charge in [-0.15, -0.1) is 0 Å². The number of furan rings is 1. The summed E-state index contributed by atoms with van der Waals surface area (Å²) in [5, 5.41) is 11.5. The Hall–Kier alpha value is -2.63. The van der Waals surface area contributed by atoms with Crippen LogP contribution in [0.3, 0.4) is 0 Å². The van der Waals surface area contributed by atoms with E-state index in [1.807, 2.05) is 6.92 Å². The molecule has 1 atom stereocenters. The third-order valence-corrected chi connectivity index (χ3v) is 2.74. The Morgan fingerprint density at radius 2 is 1.95 bits per heavy atom. The van der Waals surface area contributed by atoms with Gasteiger partial charge in [-0.2, -0.15) is 0 Å². The molecular formula is C14H14N2O4. The zero-order valence-corrected chi connectivity index (χ0v) is 11.1. The van der Waals surface area contributed by atoms with Crippen molar-refractivity contribution in [3.8, 4) is 0 Å². The molecule has 1 amide bonds. The highest BCUT2D eigenvalue weighted by atomic mass is 16.4. The van der Waals surface area contributed by atoms with E-state index in [0.29, 0.717) is 5.76 Å². The molecule has 0 aliphatic rings. The number of carbonyl (C=O) groups excluding carboxylic acids is 1. The molecule has 0 spiro atoms. The van der Waals surface area contributed by atoms with Crippen LogP contribution >= 0.6 is 0 Å². The second kappa shape index (κ2) is 5.56. The van der Waals surface area contributed by atoms with E-state index in [-0.39, 0.29) is 17.4 Å². The fourth-order valence-electron chi connectivity index (χ4n) is 1.71. The molecule has 2 heterocycles. The number of amides is 1. The molecule has 104 valence electrons. The Balaban J connectivity index is 2.12. The molecule has 1 unspecified atom stereocenters. The molecule has 2 aromatic rings. The topological polar surface area (TPSA) is 92.4 Å². The summed E-state index contributed by atoms with van der Waals surface area (Å²) in [4.78, 5) is 26.6. The van der Waals surface area contributed by atoms with E-state index >= 15 is 0 Å². The number of aromatic carboxylic acids is 1. The van der Waals surface area contributed by atoms with E-state index < -0.39 is 11.9 Å². The molecule has 2 rings (SSSR count). The number of rotatable bonds is 4. The summed E-state index contributed by atoms with van der Waals surface area (Å²) in [6.45, 7) is 3.59. The molecule has 0 aliphatic heterocycles. The van der Waals surface area contributed by atoms with Crippen molar-refractivity contribution in [2.45, 2.75) is 19.9 Å². The number of carboxylic acids is 1. The lowest BCUT2D eigenvalue weighted by Gasteiger charge is -2.11. The van der Waals surface area contributed by atoms with Gasteiger partial charge in [-0.1, -0.05) is 6.07 Å². The van der Waals surface area contributed by atoms with Crippen molar-refractivity contribution in [1.29, 1.82) is 0 Å². The molecule has 0 saturated carbocycles. The van der Waals surface area contributed by atoms with Crippen LogP contribution in [0.15, 0.2) is 34.7 Å². The van der Waals surface area contributed by atoms with E-state index in [0.717, 1.165) is 5.76 Å². The SMILES string of the molecule is Cc1ccc(C(C)NC(=O)c2cccc(C(=O)O)n2)o1. The van der Waals surface area contributed by atoms with Gasteiger partial charge in [0.2, 0.25) is 0 Å². The van der Waals surface area contributed by atoms with Crippen molar-refractivity contribution in [3.63, 3.8) is 0 Å². The van der Waals surface area contributed by atoms with Gasteiger partial charge in [0.25, 0.3) is 5.91 Å². The van der Waals surface area contributed by atoms with Gasteiger partial charge in [0.15, 0.2) is 0 Å². The normalized spacial score (nSPS) is 11.9. The molecule has 20 heavy (non-hydrogen) atoms. The monoisotopic (exact) mass is 274 g/mol. The molecule has 6 heteroatoms. The number of nitrogens with one attached hydrogen (secondary N) is 1. The van der Waals surface area contributed by atoms with Crippen LogP contribution in [-0.4, -0.2) is 22.0 Å². The summed E-state index contributed by atoms with van der Waals surface area (Å²) < 4.78 is 5.41. The van der Waals surface area contributed by atoms with E-state index in [9.17, 15) is 9.59 Å². The maximum atomic E-state index is 12.0. The Labute approximate surface area is 115 Å². The zero-order chi connectivity index (χ0) is 14.7. The third kappa shape index (κ3) is 3.03. The quantitative estimate of drug-likeness (QED) is 0.891. The van der Waals surface area contributed by atoms with Crippen molar-refractivity contribution in [1.82, 2.24) is 10.3 Å². The summed E-state index contributed by atoms with van der Waals surface area (Å²) in [6.07, 6.45) is 0. The summed E-state index contributed by atoms with van der Waals surface area (Å²) in [5.41, 5.74) is -0.112. The summed E-state index contributed by atoms with van der Waals surface area (Å²) in [7, 11) is 0. The summed E-state index contributed by atoms with van der Waals surface area (Å²) in [5.74, 6) is -0.235. The van der Waals surface area contributed by atoms with E-state index in [1.165, 1.54) is 18.2 Å². The lowest BCUT2D eigenvalue weighted by molar-refractivity contribution is 0.0690. The van der Waals surface area contributed by atoms with Gasteiger partial charge in [-0.3, -0.25) is 4.79 Å². The number of hydrogen-bond acceptors (Lipinski definition) is 4. The molecular weight excluding hydrogens is 260 g/mol. The minimum absolute atomic E-state index is 0.0556. The average Bonchev–Trinajstić information content (AvgIpc) is 2.85. The average molecular weight is 274 g/mol. The first-order valence-electron chi connectivity index (χ1n) is 6.05. The molecule has 0 bridgehead atoms.